The van der Waals surface area contributed by atoms with Crippen molar-refractivity contribution in [3.8, 4) is 0 Å². The highest BCUT2D eigenvalue weighted by Gasteiger charge is 2.03. The molecule has 0 aromatic heterocycles. The molecule has 0 aromatic rings. The minimum absolute atomic E-state index is 0.241. The van der Waals surface area contributed by atoms with Crippen LogP contribution < -0.4 is 0 Å². The Balaban J connectivity index is 5.00. The summed E-state index contributed by atoms with van der Waals surface area (Å²) in [6.45, 7) is 9.42. The summed E-state index contributed by atoms with van der Waals surface area (Å²) in [5, 5.41) is 0. The second-order valence-electron chi connectivity index (χ2n) is 3.37. The zero-order valence-corrected chi connectivity index (χ0v) is 10.3. The van der Waals surface area contributed by atoms with Crippen LogP contribution in [0.2, 0.25) is 0 Å². The van der Waals surface area contributed by atoms with Gasteiger partial charge in [0.2, 0.25) is 0 Å². The monoisotopic (exact) mass is 209 g/mol. The molecule has 0 saturated heterocycles. The second kappa shape index (κ2) is 7.16. The minimum Gasteiger partial charge on any atom is -0.255 e. The molecule has 0 atom stereocenters. The molecule has 0 N–H and O–H groups in total. The summed E-state index contributed by atoms with van der Waals surface area (Å²) in [6, 6.07) is 0. The van der Waals surface area contributed by atoms with Gasteiger partial charge in [-0.15, -0.1) is 0 Å². The first-order valence-corrected chi connectivity index (χ1v) is 5.26. The fourth-order valence-electron chi connectivity index (χ4n) is 0.945. The van der Waals surface area contributed by atoms with Gasteiger partial charge in [-0.3, -0.25) is 4.99 Å². The molecule has 2 heteroatoms. The van der Waals surface area contributed by atoms with Crippen LogP contribution in [0.15, 0.2) is 40.3 Å². The third kappa shape index (κ3) is 5.31. The van der Waals surface area contributed by atoms with E-state index < -0.39 is 0 Å². The first-order chi connectivity index (χ1) is 7.04. The van der Waals surface area contributed by atoms with Crippen LogP contribution in [-0.4, -0.2) is 5.71 Å². The molecule has 0 spiro atoms. The Morgan fingerprint density at radius 1 is 1.20 bits per heavy atom. The Kier molecular flexibility index (Phi) is 6.59. The molecule has 0 rings (SSSR count). The van der Waals surface area contributed by atoms with E-state index in [1.807, 2.05) is 46.8 Å². The van der Waals surface area contributed by atoms with E-state index in [0.29, 0.717) is 12.1 Å². The molecule has 1 nitrogen and oxygen atoms in total. The summed E-state index contributed by atoms with van der Waals surface area (Å²) in [7, 11) is 0. The largest absolute Gasteiger partial charge is 0.255 e. The van der Waals surface area contributed by atoms with Crippen molar-refractivity contribution in [2.45, 2.75) is 41.0 Å². The van der Waals surface area contributed by atoms with Gasteiger partial charge in [-0.1, -0.05) is 24.6 Å². The molecular weight excluding hydrogens is 189 g/mol. The van der Waals surface area contributed by atoms with Crippen molar-refractivity contribution < 1.29 is 4.39 Å². The molecule has 15 heavy (non-hydrogen) atoms. The van der Waals surface area contributed by atoms with Crippen molar-refractivity contribution in [1.29, 1.82) is 0 Å². The van der Waals surface area contributed by atoms with Crippen LogP contribution in [0.25, 0.3) is 0 Å². The molecule has 0 saturated carbocycles. The van der Waals surface area contributed by atoms with Crippen molar-refractivity contribution in [3.05, 3.63) is 35.3 Å². The van der Waals surface area contributed by atoms with Gasteiger partial charge in [0.05, 0.1) is 5.71 Å². The lowest BCUT2D eigenvalue weighted by molar-refractivity contribution is 0.675. The lowest BCUT2D eigenvalue weighted by atomic mass is 10.2. The maximum atomic E-state index is 13.7. The molecule has 0 aliphatic carbocycles. The van der Waals surface area contributed by atoms with E-state index >= 15 is 0 Å². The highest BCUT2D eigenvalue weighted by Crippen LogP contribution is 2.11. The van der Waals surface area contributed by atoms with Crippen molar-refractivity contribution in [2.24, 2.45) is 4.99 Å². The second-order valence-corrected chi connectivity index (χ2v) is 3.37. The van der Waals surface area contributed by atoms with Gasteiger partial charge in [-0.25, -0.2) is 4.39 Å². The van der Waals surface area contributed by atoms with Crippen LogP contribution >= 0.6 is 0 Å². The van der Waals surface area contributed by atoms with Crippen LogP contribution in [-0.2, 0) is 0 Å². The van der Waals surface area contributed by atoms with E-state index in [4.69, 9.17) is 0 Å². The van der Waals surface area contributed by atoms with Crippen molar-refractivity contribution >= 4 is 5.71 Å². The number of nitrogens with zero attached hydrogens (tertiary/aromatic N) is 1. The van der Waals surface area contributed by atoms with Gasteiger partial charge in [-0.05, 0) is 40.2 Å². The van der Waals surface area contributed by atoms with E-state index in [1.165, 1.54) is 6.08 Å². The summed E-state index contributed by atoms with van der Waals surface area (Å²) >= 11 is 0. The van der Waals surface area contributed by atoms with Gasteiger partial charge in [-0.2, -0.15) is 0 Å². The van der Waals surface area contributed by atoms with Crippen LogP contribution in [0.4, 0.5) is 4.39 Å². The summed E-state index contributed by atoms with van der Waals surface area (Å²) in [4.78, 5) is 4.21. The predicted octanol–water partition coefficient (Wildman–Crippen LogP) is 4.58. The summed E-state index contributed by atoms with van der Waals surface area (Å²) in [5.41, 5.74) is 2.26. The average molecular weight is 209 g/mol. The molecule has 0 amide bonds. The van der Waals surface area contributed by atoms with Crippen LogP contribution in [0.3, 0.4) is 0 Å². The fourth-order valence-corrected chi connectivity index (χ4v) is 0.945. The Morgan fingerprint density at radius 2 is 1.80 bits per heavy atom. The fraction of sp³-hybridized carbons (Fsp3) is 0.462. The molecule has 0 radical (unpaired) electrons. The number of rotatable bonds is 4. The van der Waals surface area contributed by atoms with Gasteiger partial charge in [0.25, 0.3) is 0 Å². The number of allylic oxidation sites excluding steroid dienone is 6. The molecular formula is C13H20FN. The van der Waals surface area contributed by atoms with Gasteiger partial charge in [0, 0.05) is 5.70 Å². The Bertz CT molecular complexity index is 319. The first kappa shape index (κ1) is 13.8. The highest BCUT2D eigenvalue weighted by atomic mass is 19.1. The molecule has 84 valence electrons. The van der Waals surface area contributed by atoms with Crippen LogP contribution in [0.1, 0.15) is 41.0 Å². The minimum atomic E-state index is -0.241. The van der Waals surface area contributed by atoms with Gasteiger partial charge >= 0.3 is 0 Å². The standard InChI is InChI=1S/C13H20FN/c1-6-10(4)9-12(14)13(8-3)15-11(5)7-2/h6-7,9H,8H2,1-5H3/b10-6-,11-7-,12-9+,15-13-. The first-order valence-electron chi connectivity index (χ1n) is 5.26. The predicted molar refractivity (Wildman–Crippen MR) is 65.8 cm³/mol. The summed E-state index contributed by atoms with van der Waals surface area (Å²) < 4.78 is 13.7. The molecule has 0 heterocycles. The normalized spacial score (nSPS) is 15.9. The number of halogens is 1. The van der Waals surface area contributed by atoms with Gasteiger partial charge < -0.3 is 0 Å². The smallest absolute Gasteiger partial charge is 0.144 e. The van der Waals surface area contributed by atoms with Gasteiger partial charge in [0.1, 0.15) is 5.83 Å². The number of hydrogen-bond acceptors (Lipinski definition) is 1. The maximum absolute atomic E-state index is 13.7. The zero-order chi connectivity index (χ0) is 11.8. The number of aliphatic imine (C=N–C) groups is 1. The van der Waals surface area contributed by atoms with E-state index in [2.05, 4.69) is 4.99 Å². The molecule has 0 unspecified atom stereocenters. The SMILES string of the molecule is C\C=C(C)/C=C(F)\C(CC)=N/C(C)=C\C. The lowest BCUT2D eigenvalue weighted by Crippen LogP contribution is -1.97. The van der Waals surface area contributed by atoms with E-state index in [9.17, 15) is 4.39 Å². The highest BCUT2D eigenvalue weighted by molar-refractivity contribution is 5.98. The molecule has 0 aliphatic rings. The van der Waals surface area contributed by atoms with Crippen molar-refractivity contribution in [3.63, 3.8) is 0 Å². The third-order valence-corrected chi connectivity index (χ3v) is 2.15. The van der Waals surface area contributed by atoms with Crippen LogP contribution in [0.5, 0.6) is 0 Å². The van der Waals surface area contributed by atoms with E-state index in [0.717, 1.165) is 11.3 Å². The Labute approximate surface area is 92.1 Å². The molecule has 0 aromatic carbocycles. The Hall–Kier alpha value is -1.18. The maximum Gasteiger partial charge on any atom is 0.144 e. The molecule has 0 fully saturated rings. The molecule has 0 aliphatic heterocycles. The quantitative estimate of drug-likeness (QED) is 0.474. The average Bonchev–Trinajstić information content (AvgIpc) is 2.24. The van der Waals surface area contributed by atoms with E-state index in [1.54, 1.807) is 0 Å². The number of hydrogen-bond donors (Lipinski definition) is 0. The zero-order valence-electron chi connectivity index (χ0n) is 10.3. The Morgan fingerprint density at radius 3 is 2.20 bits per heavy atom. The van der Waals surface area contributed by atoms with E-state index in [-0.39, 0.29) is 5.83 Å². The van der Waals surface area contributed by atoms with Crippen LogP contribution in [0, 0.1) is 0 Å². The molecule has 0 bridgehead atoms. The topological polar surface area (TPSA) is 12.4 Å². The summed E-state index contributed by atoms with van der Waals surface area (Å²) in [5.74, 6) is -0.241. The third-order valence-electron chi connectivity index (χ3n) is 2.15. The van der Waals surface area contributed by atoms with Gasteiger partial charge in [0.15, 0.2) is 0 Å². The van der Waals surface area contributed by atoms with Crippen molar-refractivity contribution in [2.75, 3.05) is 0 Å². The lowest BCUT2D eigenvalue weighted by Gasteiger charge is -2.01. The summed E-state index contributed by atoms with van der Waals surface area (Å²) in [6.07, 6.45) is 5.86. The van der Waals surface area contributed by atoms with Crippen molar-refractivity contribution in [1.82, 2.24) is 0 Å².